The lowest BCUT2D eigenvalue weighted by Crippen LogP contribution is -2.51. The van der Waals surface area contributed by atoms with E-state index in [-0.39, 0.29) is 5.91 Å². The van der Waals surface area contributed by atoms with Crippen LogP contribution in [0, 0.1) is 13.8 Å². The maximum atomic E-state index is 12.9. The molecule has 2 heterocycles. The van der Waals surface area contributed by atoms with Gasteiger partial charge in [-0.05, 0) is 42.5 Å². The van der Waals surface area contributed by atoms with Crippen molar-refractivity contribution in [3.63, 3.8) is 0 Å². The number of hydrogen-bond acceptors (Lipinski definition) is 5. The molecule has 0 radical (unpaired) electrons. The maximum absolute atomic E-state index is 12.9. The topological polar surface area (TPSA) is 57.7 Å². The van der Waals surface area contributed by atoms with Gasteiger partial charge >= 0.3 is 0 Å². The predicted octanol–water partition coefficient (Wildman–Crippen LogP) is 2.99. The highest BCUT2D eigenvalue weighted by Gasteiger charge is 2.31. The van der Waals surface area contributed by atoms with Gasteiger partial charge in [0.25, 0.3) is 0 Å². The molecule has 0 N–H and O–H groups in total. The molecule has 8 heteroatoms. The van der Waals surface area contributed by atoms with Gasteiger partial charge in [0.15, 0.2) is 0 Å². The Bertz CT molecular complexity index is 871. The SMILES string of the molecule is Cc1ccc(C)c(S(=O)(=O)N2CCN(C(=O)CSc3cccs3)CC2)c1. The number of amides is 1. The highest BCUT2D eigenvalue weighted by atomic mass is 32.2. The summed E-state index contributed by atoms with van der Waals surface area (Å²) in [4.78, 5) is 14.5. The molecule has 0 saturated carbocycles. The van der Waals surface area contributed by atoms with Crippen LogP contribution in [0.4, 0.5) is 0 Å². The van der Waals surface area contributed by atoms with Crippen LogP contribution in [-0.2, 0) is 14.8 Å². The van der Waals surface area contributed by atoms with Gasteiger partial charge in [0, 0.05) is 26.2 Å². The summed E-state index contributed by atoms with van der Waals surface area (Å²) in [5, 5.41) is 1.99. The molecule has 3 rings (SSSR count). The van der Waals surface area contributed by atoms with Crippen molar-refractivity contribution in [1.29, 1.82) is 0 Å². The van der Waals surface area contributed by atoms with Crippen molar-refractivity contribution < 1.29 is 13.2 Å². The lowest BCUT2D eigenvalue weighted by molar-refractivity contribution is -0.129. The van der Waals surface area contributed by atoms with Gasteiger partial charge in [0.05, 0.1) is 14.9 Å². The summed E-state index contributed by atoms with van der Waals surface area (Å²) in [6.07, 6.45) is 0. The number of carbonyl (C=O) groups is 1. The minimum Gasteiger partial charge on any atom is -0.339 e. The van der Waals surface area contributed by atoms with Gasteiger partial charge < -0.3 is 4.90 Å². The number of sulfonamides is 1. The molecule has 5 nitrogen and oxygen atoms in total. The Morgan fingerprint density at radius 3 is 2.54 bits per heavy atom. The fourth-order valence-corrected chi connectivity index (χ4v) is 6.29. The molecule has 26 heavy (non-hydrogen) atoms. The van der Waals surface area contributed by atoms with E-state index in [0.717, 1.165) is 15.3 Å². The van der Waals surface area contributed by atoms with Crippen molar-refractivity contribution in [2.45, 2.75) is 23.0 Å². The molecule has 0 aliphatic carbocycles. The average molecular weight is 411 g/mol. The van der Waals surface area contributed by atoms with Gasteiger partial charge in [-0.2, -0.15) is 4.31 Å². The molecule has 140 valence electrons. The largest absolute Gasteiger partial charge is 0.339 e. The van der Waals surface area contributed by atoms with Crippen LogP contribution in [0.1, 0.15) is 11.1 Å². The molecule has 1 aliphatic rings. The number of carbonyl (C=O) groups excluding carboxylic acids is 1. The highest BCUT2D eigenvalue weighted by Crippen LogP contribution is 2.25. The predicted molar refractivity (Wildman–Crippen MR) is 106 cm³/mol. The Kier molecular flexibility index (Phi) is 6.06. The molecule has 0 unspecified atom stereocenters. The fraction of sp³-hybridized carbons (Fsp3) is 0.389. The number of benzene rings is 1. The zero-order valence-corrected chi connectivity index (χ0v) is 17.3. The Morgan fingerprint density at radius 1 is 1.15 bits per heavy atom. The Hall–Kier alpha value is -1.35. The summed E-state index contributed by atoms with van der Waals surface area (Å²) in [6, 6.07) is 9.44. The number of nitrogens with zero attached hydrogens (tertiary/aromatic N) is 2. The van der Waals surface area contributed by atoms with Crippen LogP contribution < -0.4 is 0 Å². The number of thiophene rings is 1. The van der Waals surface area contributed by atoms with E-state index in [0.29, 0.717) is 36.8 Å². The lowest BCUT2D eigenvalue weighted by Gasteiger charge is -2.34. The second-order valence-corrected chi connectivity index (χ2v) is 10.4. The normalized spacial score (nSPS) is 16.0. The summed E-state index contributed by atoms with van der Waals surface area (Å²) in [5.41, 5.74) is 1.68. The van der Waals surface area contributed by atoms with Crippen molar-refractivity contribution in [2.75, 3.05) is 31.9 Å². The van der Waals surface area contributed by atoms with Gasteiger partial charge in [0.2, 0.25) is 15.9 Å². The molecular weight excluding hydrogens is 388 g/mol. The molecule has 0 bridgehead atoms. The Balaban J connectivity index is 1.60. The zero-order valence-electron chi connectivity index (χ0n) is 14.8. The van der Waals surface area contributed by atoms with E-state index in [1.165, 1.54) is 16.1 Å². The quantitative estimate of drug-likeness (QED) is 0.711. The summed E-state index contributed by atoms with van der Waals surface area (Å²) in [6.45, 7) is 5.26. The number of aryl methyl sites for hydroxylation is 2. The van der Waals surface area contributed by atoms with Gasteiger partial charge in [-0.25, -0.2) is 8.42 Å². The monoisotopic (exact) mass is 410 g/mol. The molecule has 1 amide bonds. The lowest BCUT2D eigenvalue weighted by atomic mass is 10.2. The number of rotatable bonds is 5. The van der Waals surface area contributed by atoms with Crippen molar-refractivity contribution in [3.8, 4) is 0 Å². The zero-order chi connectivity index (χ0) is 18.7. The Labute approximate surface area is 163 Å². The van der Waals surface area contributed by atoms with Crippen LogP contribution in [0.5, 0.6) is 0 Å². The van der Waals surface area contributed by atoms with E-state index in [1.807, 2.05) is 43.5 Å². The third kappa shape index (κ3) is 4.31. The Morgan fingerprint density at radius 2 is 1.88 bits per heavy atom. The average Bonchev–Trinajstić information content (AvgIpc) is 3.15. The van der Waals surface area contributed by atoms with Crippen molar-refractivity contribution in [1.82, 2.24) is 9.21 Å². The summed E-state index contributed by atoms with van der Waals surface area (Å²) >= 11 is 3.15. The smallest absolute Gasteiger partial charge is 0.243 e. The molecule has 1 saturated heterocycles. The first-order chi connectivity index (χ1) is 12.4. The molecule has 1 aromatic carbocycles. The molecule has 0 spiro atoms. The van der Waals surface area contributed by atoms with Crippen LogP contribution in [-0.4, -0.2) is 55.5 Å². The van der Waals surface area contributed by atoms with Crippen LogP contribution in [0.3, 0.4) is 0 Å². The number of thioether (sulfide) groups is 1. The van der Waals surface area contributed by atoms with E-state index in [2.05, 4.69) is 0 Å². The van der Waals surface area contributed by atoms with Crippen LogP contribution in [0.25, 0.3) is 0 Å². The van der Waals surface area contributed by atoms with Gasteiger partial charge in [0.1, 0.15) is 0 Å². The van der Waals surface area contributed by atoms with Crippen LogP contribution >= 0.6 is 23.1 Å². The summed E-state index contributed by atoms with van der Waals surface area (Å²) in [5.74, 6) is 0.455. The van der Waals surface area contributed by atoms with Crippen LogP contribution in [0.15, 0.2) is 44.8 Å². The van der Waals surface area contributed by atoms with Gasteiger partial charge in [-0.1, -0.05) is 18.2 Å². The summed E-state index contributed by atoms with van der Waals surface area (Å²) < 4.78 is 28.5. The minimum absolute atomic E-state index is 0.0622. The van der Waals surface area contributed by atoms with E-state index >= 15 is 0 Å². The first kappa shape index (κ1) is 19.4. The molecular formula is C18H22N2O3S3. The number of piperazine rings is 1. The minimum atomic E-state index is -3.52. The van der Waals surface area contributed by atoms with Crippen LogP contribution in [0.2, 0.25) is 0 Å². The fourth-order valence-electron chi connectivity index (χ4n) is 2.87. The summed E-state index contributed by atoms with van der Waals surface area (Å²) in [7, 11) is -3.52. The first-order valence-corrected chi connectivity index (χ1v) is 11.7. The number of hydrogen-bond donors (Lipinski definition) is 0. The van der Waals surface area contributed by atoms with Crippen molar-refractivity contribution >= 4 is 39.0 Å². The van der Waals surface area contributed by atoms with Crippen molar-refractivity contribution in [2.24, 2.45) is 0 Å². The maximum Gasteiger partial charge on any atom is 0.243 e. The van der Waals surface area contributed by atoms with Crippen molar-refractivity contribution in [3.05, 3.63) is 46.8 Å². The highest BCUT2D eigenvalue weighted by molar-refractivity contribution is 8.01. The van der Waals surface area contributed by atoms with E-state index in [4.69, 9.17) is 0 Å². The van der Waals surface area contributed by atoms with Gasteiger partial charge in [-0.3, -0.25) is 4.79 Å². The second-order valence-electron chi connectivity index (χ2n) is 6.27. The molecule has 1 fully saturated rings. The molecule has 2 aromatic rings. The molecule has 1 aromatic heterocycles. The van der Waals surface area contributed by atoms with E-state index in [9.17, 15) is 13.2 Å². The molecule has 0 atom stereocenters. The second kappa shape index (κ2) is 8.12. The molecule has 1 aliphatic heterocycles. The first-order valence-electron chi connectivity index (χ1n) is 8.39. The third-order valence-electron chi connectivity index (χ3n) is 4.39. The van der Waals surface area contributed by atoms with E-state index in [1.54, 1.807) is 22.3 Å². The van der Waals surface area contributed by atoms with Gasteiger partial charge in [-0.15, -0.1) is 23.1 Å². The van der Waals surface area contributed by atoms with E-state index < -0.39 is 10.0 Å². The third-order valence-corrected chi connectivity index (χ3v) is 8.54. The standard InChI is InChI=1S/C18H22N2O3S3/c1-14-5-6-15(2)16(12-14)26(22,23)20-9-7-19(8-10-20)17(21)13-25-18-4-3-11-24-18/h3-6,11-12H,7-10,13H2,1-2H3.